The standard InChI is InChI=1S/C18H11F3N4O5/c19-18(20,21)14-4-2-1-3-13(14)17-8-6-12(30-17)10-22-23-15-7-5-11(24(26)27)9-16(15)25(28)29/h1-10,23H/b22-10-. The Morgan fingerprint density at radius 1 is 1.00 bits per heavy atom. The van der Waals surface area contributed by atoms with Crippen LogP contribution in [0.5, 0.6) is 0 Å². The minimum atomic E-state index is -4.56. The molecule has 9 nitrogen and oxygen atoms in total. The van der Waals surface area contributed by atoms with Gasteiger partial charge in [0.05, 0.1) is 27.7 Å². The number of nitrogens with one attached hydrogen (secondary N) is 1. The summed E-state index contributed by atoms with van der Waals surface area (Å²) in [5.74, 6) is 0.0460. The molecule has 30 heavy (non-hydrogen) atoms. The van der Waals surface area contributed by atoms with Gasteiger partial charge in [-0.05, 0) is 24.3 Å². The quantitative estimate of drug-likeness (QED) is 0.331. The van der Waals surface area contributed by atoms with Crippen molar-refractivity contribution in [2.75, 3.05) is 5.43 Å². The van der Waals surface area contributed by atoms with Gasteiger partial charge in [-0.3, -0.25) is 25.7 Å². The molecule has 0 unspecified atom stereocenters. The Bertz CT molecular complexity index is 1140. The monoisotopic (exact) mass is 420 g/mol. The summed E-state index contributed by atoms with van der Waals surface area (Å²) in [5, 5.41) is 25.6. The fourth-order valence-electron chi connectivity index (χ4n) is 2.56. The third-order valence-electron chi connectivity index (χ3n) is 3.89. The van der Waals surface area contributed by atoms with Crippen LogP contribution in [0.15, 0.2) is 64.1 Å². The first kappa shape index (κ1) is 20.5. The molecule has 1 N–H and O–H groups in total. The van der Waals surface area contributed by atoms with Gasteiger partial charge < -0.3 is 4.42 Å². The highest BCUT2D eigenvalue weighted by Crippen LogP contribution is 2.37. The van der Waals surface area contributed by atoms with Crippen LogP contribution in [0.25, 0.3) is 11.3 Å². The highest BCUT2D eigenvalue weighted by molar-refractivity contribution is 5.79. The maximum atomic E-state index is 13.1. The predicted molar refractivity (Wildman–Crippen MR) is 100 cm³/mol. The number of anilines is 1. The van der Waals surface area contributed by atoms with Crippen molar-refractivity contribution in [2.24, 2.45) is 5.10 Å². The van der Waals surface area contributed by atoms with Crippen molar-refractivity contribution < 1.29 is 27.4 Å². The van der Waals surface area contributed by atoms with Gasteiger partial charge in [0.2, 0.25) is 0 Å². The third-order valence-corrected chi connectivity index (χ3v) is 3.89. The van der Waals surface area contributed by atoms with Gasteiger partial charge in [-0.15, -0.1) is 0 Å². The van der Waals surface area contributed by atoms with E-state index >= 15 is 0 Å². The summed E-state index contributed by atoms with van der Waals surface area (Å²) >= 11 is 0. The van der Waals surface area contributed by atoms with Gasteiger partial charge in [0, 0.05) is 11.6 Å². The van der Waals surface area contributed by atoms with Gasteiger partial charge in [0.15, 0.2) is 0 Å². The van der Waals surface area contributed by atoms with Crippen LogP contribution in [0.4, 0.5) is 30.2 Å². The lowest BCUT2D eigenvalue weighted by molar-refractivity contribution is -0.393. The topological polar surface area (TPSA) is 124 Å². The Labute approximate surface area is 165 Å². The average Bonchev–Trinajstić information content (AvgIpc) is 3.16. The van der Waals surface area contributed by atoms with Crippen LogP contribution in [0.2, 0.25) is 0 Å². The number of nitro benzene ring substituents is 2. The Hall–Kier alpha value is -4.22. The van der Waals surface area contributed by atoms with Gasteiger partial charge in [0.25, 0.3) is 5.69 Å². The Balaban J connectivity index is 1.81. The van der Waals surface area contributed by atoms with Gasteiger partial charge in [-0.1, -0.05) is 18.2 Å². The van der Waals surface area contributed by atoms with Crippen molar-refractivity contribution in [3.8, 4) is 11.3 Å². The molecule has 0 amide bonds. The lowest BCUT2D eigenvalue weighted by Crippen LogP contribution is -2.06. The number of hydrogen-bond acceptors (Lipinski definition) is 7. The van der Waals surface area contributed by atoms with E-state index in [0.29, 0.717) is 0 Å². The summed E-state index contributed by atoms with van der Waals surface area (Å²) in [6, 6.07) is 10.6. The van der Waals surface area contributed by atoms with E-state index in [-0.39, 0.29) is 22.8 Å². The van der Waals surface area contributed by atoms with Crippen LogP contribution in [0.3, 0.4) is 0 Å². The summed E-state index contributed by atoms with van der Waals surface area (Å²) in [6.45, 7) is 0. The Morgan fingerprint density at radius 2 is 1.73 bits per heavy atom. The van der Waals surface area contributed by atoms with Crippen molar-refractivity contribution in [3.05, 3.63) is 86.1 Å². The van der Waals surface area contributed by atoms with E-state index in [2.05, 4.69) is 10.5 Å². The summed E-state index contributed by atoms with van der Waals surface area (Å²) in [6.07, 6.45) is -3.46. The third kappa shape index (κ3) is 4.43. The van der Waals surface area contributed by atoms with Gasteiger partial charge in [0.1, 0.15) is 17.2 Å². The zero-order chi connectivity index (χ0) is 21.9. The molecule has 0 radical (unpaired) electrons. The number of hydrazone groups is 1. The summed E-state index contributed by atoms with van der Waals surface area (Å²) in [4.78, 5) is 20.2. The van der Waals surface area contributed by atoms with Crippen LogP contribution >= 0.6 is 0 Å². The highest BCUT2D eigenvalue weighted by atomic mass is 19.4. The molecule has 2 aromatic carbocycles. The van der Waals surface area contributed by atoms with Crippen LogP contribution < -0.4 is 5.43 Å². The molecule has 0 spiro atoms. The normalized spacial score (nSPS) is 11.6. The van der Waals surface area contributed by atoms with E-state index in [9.17, 15) is 33.4 Å². The second-order valence-corrected chi connectivity index (χ2v) is 5.83. The van der Waals surface area contributed by atoms with Crippen molar-refractivity contribution in [1.82, 2.24) is 0 Å². The number of benzene rings is 2. The fourth-order valence-corrected chi connectivity index (χ4v) is 2.56. The van der Waals surface area contributed by atoms with E-state index in [1.54, 1.807) is 0 Å². The van der Waals surface area contributed by atoms with Crippen LogP contribution in [0, 0.1) is 20.2 Å². The van der Waals surface area contributed by atoms with E-state index in [1.165, 1.54) is 30.3 Å². The highest BCUT2D eigenvalue weighted by Gasteiger charge is 2.34. The van der Waals surface area contributed by atoms with E-state index < -0.39 is 33.0 Å². The molecule has 0 aliphatic rings. The first-order valence-corrected chi connectivity index (χ1v) is 8.15. The molecule has 0 saturated heterocycles. The summed E-state index contributed by atoms with van der Waals surface area (Å²) in [5.41, 5.74) is 0.204. The molecule has 0 aliphatic heterocycles. The molecule has 1 heterocycles. The van der Waals surface area contributed by atoms with E-state index in [1.807, 2.05) is 0 Å². The number of nitrogens with zero attached hydrogens (tertiary/aromatic N) is 3. The minimum Gasteiger partial charge on any atom is -0.455 e. The number of alkyl halides is 3. The maximum Gasteiger partial charge on any atom is 0.417 e. The molecule has 0 bridgehead atoms. The van der Waals surface area contributed by atoms with Crippen LogP contribution in [-0.2, 0) is 6.18 Å². The van der Waals surface area contributed by atoms with Gasteiger partial charge in [-0.25, -0.2) is 0 Å². The second-order valence-electron chi connectivity index (χ2n) is 5.83. The first-order valence-electron chi connectivity index (χ1n) is 8.15. The molecule has 3 rings (SSSR count). The molecule has 0 fully saturated rings. The smallest absolute Gasteiger partial charge is 0.417 e. The minimum absolute atomic E-state index is 0.0364. The predicted octanol–water partition coefficient (Wildman–Crippen LogP) is 5.23. The number of furan rings is 1. The van der Waals surface area contributed by atoms with Crippen molar-refractivity contribution in [1.29, 1.82) is 0 Å². The largest absolute Gasteiger partial charge is 0.455 e. The first-order chi connectivity index (χ1) is 14.2. The van der Waals surface area contributed by atoms with E-state index in [0.717, 1.165) is 30.5 Å². The maximum absolute atomic E-state index is 13.1. The number of rotatable bonds is 6. The van der Waals surface area contributed by atoms with Crippen LogP contribution in [0.1, 0.15) is 11.3 Å². The molecular weight excluding hydrogens is 409 g/mol. The van der Waals surface area contributed by atoms with Gasteiger partial charge >= 0.3 is 11.9 Å². The SMILES string of the molecule is O=[N+]([O-])c1ccc(N/N=C\c2ccc(-c3ccccc3C(F)(F)F)o2)c([N+](=O)[O-])c1. The van der Waals surface area contributed by atoms with Crippen molar-refractivity contribution >= 4 is 23.3 Å². The fraction of sp³-hybridized carbons (Fsp3) is 0.0556. The lowest BCUT2D eigenvalue weighted by atomic mass is 10.1. The molecule has 0 aliphatic carbocycles. The summed E-state index contributed by atoms with van der Waals surface area (Å²) < 4.78 is 44.8. The molecule has 0 atom stereocenters. The zero-order valence-corrected chi connectivity index (χ0v) is 14.8. The number of hydrogen-bond donors (Lipinski definition) is 1. The Kier molecular flexibility index (Phi) is 5.49. The van der Waals surface area contributed by atoms with Gasteiger partial charge in [-0.2, -0.15) is 18.3 Å². The van der Waals surface area contributed by atoms with Crippen molar-refractivity contribution in [2.45, 2.75) is 6.18 Å². The van der Waals surface area contributed by atoms with Crippen LogP contribution in [-0.4, -0.2) is 16.1 Å². The number of non-ortho nitro benzene ring substituents is 1. The number of nitro groups is 2. The molecule has 0 saturated carbocycles. The second kappa shape index (κ2) is 8.03. The number of halogens is 3. The summed E-state index contributed by atoms with van der Waals surface area (Å²) in [7, 11) is 0. The average molecular weight is 420 g/mol. The molecule has 1 aromatic heterocycles. The van der Waals surface area contributed by atoms with Crippen molar-refractivity contribution in [3.63, 3.8) is 0 Å². The van der Waals surface area contributed by atoms with E-state index in [4.69, 9.17) is 4.42 Å². The zero-order valence-electron chi connectivity index (χ0n) is 14.8. The Morgan fingerprint density at radius 3 is 2.40 bits per heavy atom. The molecule has 154 valence electrons. The molecule has 12 heteroatoms. The lowest BCUT2D eigenvalue weighted by Gasteiger charge is -2.10. The molecular formula is C18H11F3N4O5. The molecule has 3 aromatic rings.